The van der Waals surface area contributed by atoms with Crippen LogP contribution in [0.2, 0.25) is 5.02 Å². The van der Waals surface area contributed by atoms with Gasteiger partial charge in [0.25, 0.3) is 0 Å². The Morgan fingerprint density at radius 2 is 1.88 bits per heavy atom. The number of hydrogen-bond donors (Lipinski definition) is 1. The fraction of sp³-hybridized carbons (Fsp3) is 0.105. The van der Waals surface area contributed by atoms with E-state index in [1.165, 1.54) is 12.1 Å². The molecule has 0 atom stereocenters. The highest BCUT2D eigenvalue weighted by molar-refractivity contribution is 6.30. The van der Waals surface area contributed by atoms with E-state index in [9.17, 15) is 4.39 Å². The lowest BCUT2D eigenvalue weighted by molar-refractivity contribution is 0.628. The molecule has 0 unspecified atom stereocenters. The highest BCUT2D eigenvalue weighted by Crippen LogP contribution is 2.27. The Kier molecular flexibility index (Phi) is 4.05. The Bertz CT molecular complexity index is 1090. The zero-order valence-electron chi connectivity index (χ0n) is 13.9. The van der Waals surface area contributed by atoms with Crippen molar-refractivity contribution in [1.29, 1.82) is 0 Å². The van der Waals surface area contributed by atoms with Crippen molar-refractivity contribution in [2.24, 2.45) is 0 Å². The standard InChI is InChI=1S/C19H15ClFN5/c1-11-17(13-8-14(20)10-15(21)9-13)24-18(22)19-23-16(25-26(11)19)7-12-5-3-2-4-6-12/h2-6,8-10H,7H2,1H3,(H2,22,24). The van der Waals surface area contributed by atoms with E-state index in [1.807, 2.05) is 37.3 Å². The van der Waals surface area contributed by atoms with Gasteiger partial charge in [0.2, 0.25) is 0 Å². The Morgan fingerprint density at radius 1 is 1.12 bits per heavy atom. The molecule has 5 nitrogen and oxygen atoms in total. The van der Waals surface area contributed by atoms with Gasteiger partial charge in [-0.1, -0.05) is 41.9 Å². The third kappa shape index (κ3) is 2.99. The number of anilines is 1. The van der Waals surface area contributed by atoms with Gasteiger partial charge in [0.05, 0.1) is 11.4 Å². The number of aromatic nitrogens is 4. The zero-order valence-corrected chi connectivity index (χ0v) is 14.7. The van der Waals surface area contributed by atoms with Gasteiger partial charge in [0.1, 0.15) is 5.82 Å². The first-order valence-corrected chi connectivity index (χ1v) is 8.41. The quantitative estimate of drug-likeness (QED) is 0.592. The van der Waals surface area contributed by atoms with Crippen LogP contribution in [0, 0.1) is 12.7 Å². The van der Waals surface area contributed by atoms with Crippen LogP contribution in [-0.4, -0.2) is 19.6 Å². The van der Waals surface area contributed by atoms with E-state index >= 15 is 0 Å². The molecule has 0 radical (unpaired) electrons. The van der Waals surface area contributed by atoms with Crippen molar-refractivity contribution < 1.29 is 4.39 Å². The molecule has 2 aromatic heterocycles. The van der Waals surface area contributed by atoms with E-state index in [0.29, 0.717) is 39.9 Å². The van der Waals surface area contributed by atoms with Gasteiger partial charge in [-0.25, -0.2) is 18.9 Å². The van der Waals surface area contributed by atoms with Crippen LogP contribution in [0.3, 0.4) is 0 Å². The minimum Gasteiger partial charge on any atom is -0.381 e. The largest absolute Gasteiger partial charge is 0.381 e. The number of nitrogen functional groups attached to an aromatic ring is 1. The molecule has 2 N–H and O–H groups in total. The Labute approximate surface area is 154 Å². The predicted octanol–water partition coefficient (Wildman–Crippen LogP) is 4.07. The molecule has 0 saturated heterocycles. The van der Waals surface area contributed by atoms with Crippen molar-refractivity contribution in [2.75, 3.05) is 5.73 Å². The Hall–Kier alpha value is -2.99. The van der Waals surface area contributed by atoms with Crippen LogP contribution in [0.15, 0.2) is 48.5 Å². The van der Waals surface area contributed by atoms with Crippen molar-refractivity contribution in [3.05, 3.63) is 76.5 Å². The molecule has 4 aromatic rings. The fourth-order valence-electron chi connectivity index (χ4n) is 2.92. The molecule has 0 bridgehead atoms. The van der Waals surface area contributed by atoms with Crippen molar-refractivity contribution in [3.8, 4) is 11.3 Å². The monoisotopic (exact) mass is 367 g/mol. The lowest BCUT2D eigenvalue weighted by Gasteiger charge is -2.09. The summed E-state index contributed by atoms with van der Waals surface area (Å²) in [5.41, 5.74) is 9.45. The maximum Gasteiger partial charge on any atom is 0.198 e. The molecule has 0 aliphatic rings. The van der Waals surface area contributed by atoms with E-state index in [2.05, 4.69) is 15.1 Å². The van der Waals surface area contributed by atoms with Gasteiger partial charge < -0.3 is 5.73 Å². The normalized spacial score (nSPS) is 11.2. The SMILES string of the molecule is Cc1c(-c2cc(F)cc(Cl)c2)nc(N)c2nc(Cc3ccccc3)nn12. The maximum atomic E-state index is 13.7. The zero-order chi connectivity index (χ0) is 18.3. The van der Waals surface area contributed by atoms with Gasteiger partial charge in [0.15, 0.2) is 17.3 Å². The Morgan fingerprint density at radius 3 is 2.62 bits per heavy atom. The first kappa shape index (κ1) is 16.5. The molecule has 4 rings (SSSR count). The number of rotatable bonds is 3. The van der Waals surface area contributed by atoms with Crippen LogP contribution in [0.25, 0.3) is 16.9 Å². The lowest BCUT2D eigenvalue weighted by Crippen LogP contribution is -2.05. The first-order valence-electron chi connectivity index (χ1n) is 8.03. The van der Waals surface area contributed by atoms with E-state index in [0.717, 1.165) is 5.56 Å². The smallest absolute Gasteiger partial charge is 0.198 e. The van der Waals surface area contributed by atoms with Crippen molar-refractivity contribution in [3.63, 3.8) is 0 Å². The van der Waals surface area contributed by atoms with Crippen LogP contribution in [0.1, 0.15) is 17.1 Å². The van der Waals surface area contributed by atoms with Crippen LogP contribution < -0.4 is 5.73 Å². The number of halogens is 2. The van der Waals surface area contributed by atoms with Crippen molar-refractivity contribution in [1.82, 2.24) is 19.6 Å². The molecular formula is C19H15ClFN5. The summed E-state index contributed by atoms with van der Waals surface area (Å²) in [6.07, 6.45) is 0.586. The molecule has 2 heterocycles. The second-order valence-electron chi connectivity index (χ2n) is 6.02. The molecule has 130 valence electrons. The number of aryl methyl sites for hydroxylation is 1. The van der Waals surface area contributed by atoms with Gasteiger partial charge >= 0.3 is 0 Å². The molecule has 0 aliphatic carbocycles. The molecule has 2 aromatic carbocycles. The summed E-state index contributed by atoms with van der Waals surface area (Å²) < 4.78 is 15.4. The number of nitrogens with two attached hydrogens (primary N) is 1. The highest BCUT2D eigenvalue weighted by atomic mass is 35.5. The number of nitrogens with zero attached hydrogens (tertiary/aromatic N) is 4. The molecule has 7 heteroatoms. The summed E-state index contributed by atoms with van der Waals surface area (Å²) >= 11 is 5.97. The third-order valence-electron chi connectivity index (χ3n) is 4.11. The van der Waals surface area contributed by atoms with Gasteiger partial charge in [-0.3, -0.25) is 0 Å². The van der Waals surface area contributed by atoms with Crippen molar-refractivity contribution in [2.45, 2.75) is 13.3 Å². The topological polar surface area (TPSA) is 69.1 Å². The second-order valence-corrected chi connectivity index (χ2v) is 6.45. The van der Waals surface area contributed by atoms with Gasteiger partial charge in [-0.15, -0.1) is 0 Å². The average molecular weight is 368 g/mol. The summed E-state index contributed by atoms with van der Waals surface area (Å²) in [5, 5.41) is 4.85. The molecule has 0 aliphatic heterocycles. The summed E-state index contributed by atoms with van der Waals surface area (Å²) in [6, 6.07) is 14.2. The van der Waals surface area contributed by atoms with Gasteiger partial charge in [-0.2, -0.15) is 5.10 Å². The van der Waals surface area contributed by atoms with Crippen LogP contribution in [-0.2, 0) is 6.42 Å². The molecule has 0 spiro atoms. The van der Waals surface area contributed by atoms with Crippen LogP contribution in [0.4, 0.5) is 10.2 Å². The summed E-state index contributed by atoms with van der Waals surface area (Å²) in [6.45, 7) is 1.84. The number of fused-ring (bicyclic) bond motifs is 1. The predicted molar refractivity (Wildman–Crippen MR) is 99.6 cm³/mol. The summed E-state index contributed by atoms with van der Waals surface area (Å²) in [5.74, 6) is 0.441. The number of benzene rings is 2. The van der Waals surface area contributed by atoms with Crippen molar-refractivity contribution >= 4 is 23.1 Å². The first-order chi connectivity index (χ1) is 12.5. The average Bonchev–Trinajstić information content (AvgIpc) is 3.03. The summed E-state index contributed by atoms with van der Waals surface area (Å²) in [7, 11) is 0. The van der Waals surface area contributed by atoms with E-state index in [1.54, 1.807) is 10.6 Å². The third-order valence-corrected chi connectivity index (χ3v) is 4.33. The number of hydrogen-bond acceptors (Lipinski definition) is 4. The lowest BCUT2D eigenvalue weighted by atomic mass is 10.1. The highest BCUT2D eigenvalue weighted by Gasteiger charge is 2.16. The summed E-state index contributed by atoms with van der Waals surface area (Å²) in [4.78, 5) is 8.91. The Balaban J connectivity index is 1.83. The van der Waals surface area contributed by atoms with Crippen LogP contribution in [0.5, 0.6) is 0 Å². The van der Waals surface area contributed by atoms with E-state index in [4.69, 9.17) is 17.3 Å². The fourth-order valence-corrected chi connectivity index (χ4v) is 3.15. The van der Waals surface area contributed by atoms with E-state index < -0.39 is 5.82 Å². The minimum atomic E-state index is -0.435. The van der Waals surface area contributed by atoms with E-state index in [-0.39, 0.29) is 5.82 Å². The van der Waals surface area contributed by atoms with Gasteiger partial charge in [-0.05, 0) is 30.7 Å². The van der Waals surface area contributed by atoms with Gasteiger partial charge in [0, 0.05) is 17.0 Å². The minimum absolute atomic E-state index is 0.234. The molecule has 0 amide bonds. The molecular weight excluding hydrogens is 353 g/mol. The molecule has 0 saturated carbocycles. The second kappa shape index (κ2) is 6.38. The maximum absolute atomic E-state index is 13.7. The van der Waals surface area contributed by atoms with Crippen LogP contribution >= 0.6 is 11.6 Å². The molecule has 26 heavy (non-hydrogen) atoms. The molecule has 0 fully saturated rings.